The molecule has 0 aliphatic rings. The van der Waals surface area contributed by atoms with E-state index >= 15 is 0 Å². The Kier molecular flexibility index (Phi) is 6.40. The lowest BCUT2D eigenvalue weighted by molar-refractivity contribution is 0.498. The van der Waals surface area contributed by atoms with Crippen LogP contribution in [0, 0.1) is 5.82 Å². The Labute approximate surface area is 134 Å². The maximum Gasteiger partial charge on any atom is 0.137 e. The summed E-state index contributed by atoms with van der Waals surface area (Å²) in [5.41, 5.74) is 2.47. The van der Waals surface area contributed by atoms with Crippen LogP contribution in [0.25, 0.3) is 0 Å². The number of nitrogens with one attached hydrogen (secondary N) is 1. The van der Waals surface area contributed by atoms with Gasteiger partial charge in [0.2, 0.25) is 0 Å². The molecule has 0 amide bonds. The smallest absolute Gasteiger partial charge is 0.137 e. The van der Waals surface area contributed by atoms with E-state index < -0.39 is 0 Å². The lowest BCUT2D eigenvalue weighted by Crippen LogP contribution is -2.22. The molecule has 0 aliphatic heterocycles. The van der Waals surface area contributed by atoms with Crippen molar-refractivity contribution in [2.75, 3.05) is 6.54 Å². The maximum atomic E-state index is 13.4. The Balaban J connectivity index is 2.08. The Morgan fingerprint density at radius 2 is 1.90 bits per heavy atom. The van der Waals surface area contributed by atoms with Crippen LogP contribution in [0.3, 0.4) is 0 Å². The molecular weight excluding hydrogens is 329 g/mol. The first-order valence-electron chi connectivity index (χ1n) is 7.43. The van der Waals surface area contributed by atoms with E-state index in [4.69, 9.17) is 0 Å². The molecule has 2 aromatic rings. The van der Waals surface area contributed by atoms with Gasteiger partial charge < -0.3 is 5.32 Å². The topological polar surface area (TPSA) is 12.0 Å². The molecule has 1 N–H and O–H groups in total. The summed E-state index contributed by atoms with van der Waals surface area (Å²) in [4.78, 5) is 0. The van der Waals surface area contributed by atoms with Crippen molar-refractivity contribution in [2.45, 2.75) is 32.2 Å². The van der Waals surface area contributed by atoms with E-state index in [0.29, 0.717) is 4.47 Å². The van der Waals surface area contributed by atoms with Gasteiger partial charge >= 0.3 is 0 Å². The molecule has 0 radical (unpaired) electrons. The van der Waals surface area contributed by atoms with Gasteiger partial charge in [-0.3, -0.25) is 0 Å². The monoisotopic (exact) mass is 349 g/mol. The van der Waals surface area contributed by atoms with Gasteiger partial charge in [-0.1, -0.05) is 43.3 Å². The fourth-order valence-corrected chi connectivity index (χ4v) is 2.79. The van der Waals surface area contributed by atoms with Crippen molar-refractivity contribution in [1.29, 1.82) is 0 Å². The second kappa shape index (κ2) is 8.30. The molecule has 1 unspecified atom stereocenters. The first kappa shape index (κ1) is 16.2. The highest BCUT2D eigenvalue weighted by molar-refractivity contribution is 9.10. The third-order valence-corrected chi connectivity index (χ3v) is 4.16. The second-order valence-electron chi connectivity index (χ2n) is 5.20. The highest BCUT2D eigenvalue weighted by Crippen LogP contribution is 2.24. The third-order valence-electron chi connectivity index (χ3n) is 3.55. The van der Waals surface area contributed by atoms with Crippen LogP contribution in [0.2, 0.25) is 0 Å². The summed E-state index contributed by atoms with van der Waals surface area (Å²) < 4.78 is 13.9. The molecule has 0 saturated heterocycles. The van der Waals surface area contributed by atoms with Crippen LogP contribution >= 0.6 is 15.9 Å². The van der Waals surface area contributed by atoms with E-state index in [9.17, 15) is 4.39 Å². The van der Waals surface area contributed by atoms with Gasteiger partial charge in [-0.15, -0.1) is 0 Å². The number of benzene rings is 2. The largest absolute Gasteiger partial charge is 0.310 e. The van der Waals surface area contributed by atoms with E-state index in [1.54, 1.807) is 0 Å². The first-order chi connectivity index (χ1) is 10.2. The van der Waals surface area contributed by atoms with Gasteiger partial charge in [0.15, 0.2) is 0 Å². The molecule has 1 nitrogen and oxygen atoms in total. The quantitative estimate of drug-likeness (QED) is 0.718. The molecule has 0 bridgehead atoms. The second-order valence-corrected chi connectivity index (χ2v) is 6.06. The zero-order chi connectivity index (χ0) is 15.1. The first-order valence-corrected chi connectivity index (χ1v) is 8.22. The molecule has 1 atom stereocenters. The molecule has 0 heterocycles. The number of aryl methyl sites for hydroxylation is 1. The van der Waals surface area contributed by atoms with Crippen molar-refractivity contribution in [2.24, 2.45) is 0 Å². The van der Waals surface area contributed by atoms with E-state index in [1.807, 2.05) is 18.2 Å². The molecule has 3 heteroatoms. The van der Waals surface area contributed by atoms with Crippen LogP contribution in [0.1, 0.15) is 36.9 Å². The van der Waals surface area contributed by atoms with Crippen LogP contribution in [-0.4, -0.2) is 6.54 Å². The van der Waals surface area contributed by atoms with Crippen LogP contribution in [0.15, 0.2) is 53.0 Å². The minimum atomic E-state index is -0.212. The van der Waals surface area contributed by atoms with Gasteiger partial charge in [0, 0.05) is 6.04 Å². The highest BCUT2D eigenvalue weighted by Gasteiger charge is 2.12. The van der Waals surface area contributed by atoms with Crippen molar-refractivity contribution in [3.05, 3.63) is 69.9 Å². The zero-order valence-electron chi connectivity index (χ0n) is 12.3. The predicted octanol–water partition coefficient (Wildman–Crippen LogP) is 5.26. The standard InChI is InChI=1S/C18H21BrFN/c1-2-12-21-18(11-8-14-6-4-3-5-7-14)15-9-10-17(20)16(19)13-15/h3-7,9-10,13,18,21H,2,8,11-12H2,1H3. The molecule has 0 aromatic heterocycles. The van der Waals surface area contributed by atoms with Crippen molar-refractivity contribution < 1.29 is 4.39 Å². The summed E-state index contributed by atoms with van der Waals surface area (Å²) in [6, 6.07) is 16.0. The number of hydrogen-bond donors (Lipinski definition) is 1. The molecule has 0 aliphatic carbocycles. The van der Waals surface area contributed by atoms with Crippen LogP contribution in [0.4, 0.5) is 4.39 Å². The Hall–Kier alpha value is -1.19. The molecule has 0 spiro atoms. The van der Waals surface area contributed by atoms with E-state index in [2.05, 4.69) is 52.4 Å². The summed E-state index contributed by atoms with van der Waals surface area (Å²) in [6.07, 6.45) is 3.10. The summed E-state index contributed by atoms with van der Waals surface area (Å²) in [6.45, 7) is 3.12. The van der Waals surface area contributed by atoms with Crippen molar-refractivity contribution in [3.8, 4) is 0 Å². The fraction of sp³-hybridized carbons (Fsp3) is 0.333. The average Bonchev–Trinajstić information content (AvgIpc) is 2.51. The summed E-state index contributed by atoms with van der Waals surface area (Å²) in [7, 11) is 0. The molecule has 0 fully saturated rings. The van der Waals surface area contributed by atoms with Gasteiger partial charge in [-0.05, 0) is 65.0 Å². The Morgan fingerprint density at radius 1 is 1.14 bits per heavy atom. The minimum Gasteiger partial charge on any atom is -0.310 e. The molecular formula is C18H21BrFN. The van der Waals surface area contributed by atoms with Crippen molar-refractivity contribution in [1.82, 2.24) is 5.32 Å². The average molecular weight is 350 g/mol. The molecule has 0 saturated carbocycles. The molecule has 112 valence electrons. The minimum absolute atomic E-state index is 0.212. The summed E-state index contributed by atoms with van der Waals surface area (Å²) in [5, 5.41) is 3.56. The van der Waals surface area contributed by atoms with Crippen LogP contribution in [0.5, 0.6) is 0 Å². The molecule has 2 rings (SSSR count). The highest BCUT2D eigenvalue weighted by atomic mass is 79.9. The Morgan fingerprint density at radius 3 is 2.57 bits per heavy atom. The number of hydrogen-bond acceptors (Lipinski definition) is 1. The summed E-state index contributed by atoms with van der Waals surface area (Å²) >= 11 is 3.28. The van der Waals surface area contributed by atoms with E-state index in [0.717, 1.165) is 31.4 Å². The maximum absolute atomic E-state index is 13.4. The van der Waals surface area contributed by atoms with Gasteiger partial charge in [0.1, 0.15) is 5.82 Å². The molecule has 2 aromatic carbocycles. The van der Waals surface area contributed by atoms with Crippen molar-refractivity contribution >= 4 is 15.9 Å². The zero-order valence-corrected chi connectivity index (χ0v) is 13.9. The fourth-order valence-electron chi connectivity index (χ4n) is 2.39. The van der Waals surface area contributed by atoms with Gasteiger partial charge in [-0.25, -0.2) is 4.39 Å². The Bertz CT molecular complexity index is 556. The van der Waals surface area contributed by atoms with Crippen molar-refractivity contribution in [3.63, 3.8) is 0 Å². The normalized spacial score (nSPS) is 12.3. The third kappa shape index (κ3) is 4.94. The lowest BCUT2D eigenvalue weighted by Gasteiger charge is -2.19. The van der Waals surface area contributed by atoms with Crippen LogP contribution in [-0.2, 0) is 6.42 Å². The SMILES string of the molecule is CCCNC(CCc1ccccc1)c1ccc(F)c(Br)c1. The van der Waals surface area contributed by atoms with Gasteiger partial charge in [-0.2, -0.15) is 0 Å². The number of halogens is 2. The molecule has 21 heavy (non-hydrogen) atoms. The van der Waals surface area contributed by atoms with Gasteiger partial charge in [0.05, 0.1) is 4.47 Å². The summed E-state index contributed by atoms with van der Waals surface area (Å²) in [5.74, 6) is -0.212. The van der Waals surface area contributed by atoms with E-state index in [1.165, 1.54) is 11.6 Å². The lowest BCUT2D eigenvalue weighted by atomic mass is 9.99. The number of rotatable bonds is 7. The predicted molar refractivity (Wildman–Crippen MR) is 89.9 cm³/mol. The van der Waals surface area contributed by atoms with E-state index in [-0.39, 0.29) is 11.9 Å². The van der Waals surface area contributed by atoms with Crippen LogP contribution < -0.4 is 5.32 Å². The van der Waals surface area contributed by atoms with Gasteiger partial charge in [0.25, 0.3) is 0 Å².